The van der Waals surface area contributed by atoms with E-state index in [1.54, 1.807) is 41.6 Å². The summed E-state index contributed by atoms with van der Waals surface area (Å²) in [5, 5.41) is 0. The maximum atomic E-state index is 13.7. The summed E-state index contributed by atoms with van der Waals surface area (Å²) < 4.78 is 5.30. The Morgan fingerprint density at radius 1 is 0.889 bits per heavy atom. The molecule has 0 spiro atoms. The van der Waals surface area contributed by atoms with Crippen LogP contribution in [0.1, 0.15) is 60.4 Å². The quantitative estimate of drug-likeness (QED) is 0.337. The average Bonchev–Trinajstić information content (AvgIpc) is 3.51. The second kappa shape index (κ2) is 10.00. The third-order valence-electron chi connectivity index (χ3n) is 6.30. The van der Waals surface area contributed by atoms with Crippen molar-refractivity contribution in [1.29, 1.82) is 0 Å². The molecule has 3 heterocycles. The zero-order valence-electron chi connectivity index (χ0n) is 19.9. The first-order valence-electron chi connectivity index (χ1n) is 11.8. The van der Waals surface area contributed by atoms with Crippen molar-refractivity contribution in [2.24, 2.45) is 0 Å². The smallest absolute Gasteiger partial charge is 0.261 e. The van der Waals surface area contributed by atoms with Gasteiger partial charge in [0.05, 0.1) is 23.9 Å². The monoisotopic (exact) mass is 479 g/mol. The largest absolute Gasteiger partial charge is 0.467 e. The summed E-state index contributed by atoms with van der Waals surface area (Å²) in [5.41, 5.74) is 3.99. The number of pyridine rings is 1. The van der Waals surface area contributed by atoms with Crippen molar-refractivity contribution < 1.29 is 18.8 Å². The van der Waals surface area contributed by atoms with Gasteiger partial charge in [-0.3, -0.25) is 24.3 Å². The summed E-state index contributed by atoms with van der Waals surface area (Å²) in [6.45, 7) is 2.90. The van der Waals surface area contributed by atoms with Gasteiger partial charge in [-0.1, -0.05) is 37.3 Å². The van der Waals surface area contributed by atoms with Gasteiger partial charge in [0.15, 0.2) is 0 Å². The highest BCUT2D eigenvalue weighted by molar-refractivity contribution is 6.22. The molecule has 36 heavy (non-hydrogen) atoms. The normalized spacial score (nSPS) is 12.6. The minimum atomic E-state index is -0.435. The van der Waals surface area contributed by atoms with Crippen LogP contribution in [0.3, 0.4) is 0 Å². The molecule has 0 aliphatic carbocycles. The van der Waals surface area contributed by atoms with E-state index in [2.05, 4.69) is 24.0 Å². The van der Waals surface area contributed by atoms with E-state index in [4.69, 9.17) is 4.42 Å². The number of rotatable bonds is 8. The summed E-state index contributed by atoms with van der Waals surface area (Å²) in [7, 11) is 0. The van der Waals surface area contributed by atoms with Crippen LogP contribution >= 0.6 is 0 Å². The van der Waals surface area contributed by atoms with E-state index in [9.17, 15) is 14.4 Å². The van der Waals surface area contributed by atoms with E-state index in [1.807, 2.05) is 24.3 Å². The number of aromatic nitrogens is 1. The molecule has 1 aliphatic heterocycles. The predicted octanol–water partition coefficient (Wildman–Crippen LogP) is 4.88. The summed E-state index contributed by atoms with van der Waals surface area (Å²) in [6.07, 6.45) is 5.86. The summed E-state index contributed by atoms with van der Waals surface area (Å²) in [4.78, 5) is 46.6. The number of carbonyl (C=O) groups is 3. The Bertz CT molecular complexity index is 1400. The van der Waals surface area contributed by atoms with Gasteiger partial charge >= 0.3 is 0 Å². The lowest BCUT2D eigenvalue weighted by Gasteiger charge is -2.23. The molecule has 0 atom stereocenters. The average molecular weight is 480 g/mol. The van der Waals surface area contributed by atoms with Crippen LogP contribution in [-0.2, 0) is 26.1 Å². The molecule has 2 aromatic carbocycles. The molecule has 4 aromatic rings. The van der Waals surface area contributed by atoms with E-state index >= 15 is 0 Å². The van der Waals surface area contributed by atoms with Gasteiger partial charge in [-0.25, -0.2) is 0 Å². The number of hydrogen-bond acceptors (Lipinski definition) is 5. The Morgan fingerprint density at radius 3 is 2.33 bits per heavy atom. The molecule has 0 saturated heterocycles. The molecule has 7 nitrogen and oxygen atoms in total. The molecular weight excluding hydrogens is 454 g/mol. The molecule has 180 valence electrons. The number of nitrogens with zero attached hydrogens (tertiary/aromatic N) is 3. The number of amides is 3. The molecular formula is C29H25N3O4. The number of fused-ring (bicyclic) bond motifs is 1. The maximum Gasteiger partial charge on any atom is 0.261 e. The Morgan fingerprint density at radius 2 is 1.64 bits per heavy atom. The first-order chi connectivity index (χ1) is 17.5. The van der Waals surface area contributed by atoms with Gasteiger partial charge in [-0.15, -0.1) is 0 Å². The van der Waals surface area contributed by atoms with Crippen LogP contribution in [0.4, 0.5) is 0 Å². The minimum Gasteiger partial charge on any atom is -0.467 e. The fraction of sp³-hybridized carbons (Fsp3) is 0.172. The number of benzene rings is 2. The first-order valence-corrected chi connectivity index (χ1v) is 11.8. The third kappa shape index (κ3) is 4.68. The van der Waals surface area contributed by atoms with E-state index in [1.165, 1.54) is 17.9 Å². The lowest BCUT2D eigenvalue weighted by molar-refractivity contribution is 0.0631. The Balaban J connectivity index is 1.42. The molecule has 0 N–H and O–H groups in total. The third-order valence-corrected chi connectivity index (χ3v) is 6.30. The van der Waals surface area contributed by atoms with Crippen LogP contribution in [0.25, 0.3) is 0 Å². The van der Waals surface area contributed by atoms with Crippen molar-refractivity contribution in [3.8, 4) is 0 Å². The van der Waals surface area contributed by atoms with Crippen LogP contribution in [0.2, 0.25) is 0 Å². The van der Waals surface area contributed by atoms with Crippen LogP contribution in [0.5, 0.6) is 0 Å². The predicted molar refractivity (Wildman–Crippen MR) is 133 cm³/mol. The van der Waals surface area contributed by atoms with E-state index in [0.717, 1.165) is 22.4 Å². The fourth-order valence-corrected chi connectivity index (χ4v) is 4.32. The van der Waals surface area contributed by atoms with Gasteiger partial charge in [-0.2, -0.15) is 0 Å². The van der Waals surface area contributed by atoms with Crippen molar-refractivity contribution in [1.82, 2.24) is 14.8 Å². The van der Waals surface area contributed by atoms with Crippen molar-refractivity contribution in [3.63, 3.8) is 0 Å². The van der Waals surface area contributed by atoms with Gasteiger partial charge in [-0.05, 0) is 59.5 Å². The molecule has 0 bridgehead atoms. The van der Waals surface area contributed by atoms with Crippen LogP contribution in [0, 0.1) is 0 Å². The second-order valence-corrected chi connectivity index (χ2v) is 8.73. The highest BCUT2D eigenvalue weighted by Crippen LogP contribution is 2.27. The molecule has 0 unspecified atom stereocenters. The standard InChI is InChI=1S/C29H25N3O4/c1-2-20-7-9-21(10-8-20)17-31(18-22-5-3-13-30-16-22)27(33)23-11-12-25-26(15-23)29(35)32(28(25)34)19-24-6-4-14-36-24/h3-16H,2,17-19H2,1H3. The zero-order chi connectivity index (χ0) is 25.1. The fourth-order valence-electron chi connectivity index (χ4n) is 4.32. The Labute approximate surface area is 209 Å². The lowest BCUT2D eigenvalue weighted by atomic mass is 10.0. The van der Waals surface area contributed by atoms with Crippen molar-refractivity contribution >= 4 is 17.7 Å². The van der Waals surface area contributed by atoms with Crippen LogP contribution < -0.4 is 0 Å². The van der Waals surface area contributed by atoms with Gasteiger partial charge in [0, 0.05) is 31.0 Å². The Hall–Kier alpha value is -4.52. The van der Waals surface area contributed by atoms with E-state index in [-0.39, 0.29) is 23.6 Å². The molecule has 0 saturated carbocycles. The minimum absolute atomic E-state index is 0.0452. The molecule has 0 radical (unpaired) electrons. The van der Waals surface area contributed by atoms with Crippen LogP contribution in [-0.4, -0.2) is 32.5 Å². The van der Waals surface area contributed by atoms with Crippen molar-refractivity contribution in [2.75, 3.05) is 0 Å². The summed E-state index contributed by atoms with van der Waals surface area (Å²) in [5.74, 6) is -0.549. The summed E-state index contributed by atoms with van der Waals surface area (Å²) >= 11 is 0. The lowest BCUT2D eigenvalue weighted by Crippen LogP contribution is -2.30. The number of imide groups is 1. The maximum absolute atomic E-state index is 13.7. The molecule has 3 amide bonds. The molecule has 0 fully saturated rings. The number of carbonyl (C=O) groups excluding carboxylic acids is 3. The number of hydrogen-bond donors (Lipinski definition) is 0. The van der Waals surface area contributed by atoms with E-state index in [0.29, 0.717) is 24.4 Å². The summed E-state index contributed by atoms with van der Waals surface area (Å²) in [6, 6.07) is 20.0. The van der Waals surface area contributed by atoms with Gasteiger partial charge in [0.25, 0.3) is 17.7 Å². The SMILES string of the molecule is CCc1ccc(CN(Cc2cccnc2)C(=O)c2ccc3c(c2)C(=O)N(Cc2ccco2)C3=O)cc1. The van der Waals surface area contributed by atoms with Crippen LogP contribution in [0.15, 0.2) is 89.8 Å². The highest BCUT2D eigenvalue weighted by atomic mass is 16.3. The molecule has 2 aromatic heterocycles. The first kappa shape index (κ1) is 23.2. The van der Waals surface area contributed by atoms with Crippen molar-refractivity contribution in [2.45, 2.75) is 33.0 Å². The number of furan rings is 1. The molecule has 1 aliphatic rings. The Kier molecular flexibility index (Phi) is 6.45. The number of aryl methyl sites for hydroxylation is 1. The van der Waals surface area contributed by atoms with Gasteiger partial charge in [0.1, 0.15) is 5.76 Å². The molecule has 7 heteroatoms. The second-order valence-electron chi connectivity index (χ2n) is 8.73. The topological polar surface area (TPSA) is 83.7 Å². The van der Waals surface area contributed by atoms with E-state index < -0.39 is 11.8 Å². The zero-order valence-corrected chi connectivity index (χ0v) is 19.9. The molecule has 5 rings (SSSR count). The van der Waals surface area contributed by atoms with Gasteiger partial charge < -0.3 is 9.32 Å². The van der Waals surface area contributed by atoms with Crippen molar-refractivity contribution in [3.05, 3.63) is 125 Å². The highest BCUT2D eigenvalue weighted by Gasteiger charge is 2.36. The van der Waals surface area contributed by atoms with Gasteiger partial charge in [0.2, 0.25) is 0 Å².